The average molecular weight is 293 g/mol. The minimum absolute atomic E-state index is 0.935. The van der Waals surface area contributed by atoms with Crippen LogP contribution in [-0.4, -0.2) is 4.37 Å². The molecule has 0 atom stereocenters. The van der Waals surface area contributed by atoms with Crippen molar-refractivity contribution in [3.8, 4) is 0 Å². The van der Waals surface area contributed by atoms with Gasteiger partial charge in [0.1, 0.15) is 4.60 Å². The highest BCUT2D eigenvalue weighted by molar-refractivity contribution is 9.11. The number of halogens is 2. The standard InChI is InChI=1S/C7H3Br2NS/c8-4-1-2-5-6(3-4)11-10-7(5)9/h1-3H. The fraction of sp³-hybridized carbons (Fsp3) is 0. The molecule has 0 spiro atoms. The fourth-order valence-corrected chi connectivity index (χ4v) is 2.81. The fourth-order valence-electron chi connectivity index (χ4n) is 0.881. The minimum Gasteiger partial charge on any atom is -0.184 e. The maximum absolute atomic E-state index is 4.17. The molecule has 0 aliphatic carbocycles. The van der Waals surface area contributed by atoms with Crippen LogP contribution in [0, 0.1) is 0 Å². The maximum Gasteiger partial charge on any atom is 0.127 e. The molecule has 1 aromatic carbocycles. The normalized spacial score (nSPS) is 10.7. The monoisotopic (exact) mass is 291 g/mol. The molecule has 0 N–H and O–H groups in total. The zero-order chi connectivity index (χ0) is 7.84. The van der Waals surface area contributed by atoms with Crippen LogP contribution in [-0.2, 0) is 0 Å². The highest BCUT2D eigenvalue weighted by Crippen LogP contribution is 2.28. The van der Waals surface area contributed by atoms with Gasteiger partial charge in [-0.15, -0.1) is 0 Å². The van der Waals surface area contributed by atoms with E-state index in [1.807, 2.05) is 12.1 Å². The van der Waals surface area contributed by atoms with E-state index in [9.17, 15) is 0 Å². The van der Waals surface area contributed by atoms with Crippen molar-refractivity contribution in [1.29, 1.82) is 0 Å². The zero-order valence-electron chi connectivity index (χ0n) is 5.34. The summed E-state index contributed by atoms with van der Waals surface area (Å²) in [6.07, 6.45) is 0. The quantitative estimate of drug-likeness (QED) is 0.719. The van der Waals surface area contributed by atoms with Crippen LogP contribution >= 0.6 is 43.4 Å². The van der Waals surface area contributed by atoms with E-state index in [1.54, 1.807) is 0 Å². The van der Waals surface area contributed by atoms with Crippen molar-refractivity contribution < 1.29 is 0 Å². The smallest absolute Gasteiger partial charge is 0.127 e. The van der Waals surface area contributed by atoms with Crippen molar-refractivity contribution >= 4 is 53.5 Å². The summed E-state index contributed by atoms with van der Waals surface area (Å²) in [5, 5.41) is 1.18. The Balaban J connectivity index is 2.86. The predicted octanol–water partition coefficient (Wildman–Crippen LogP) is 3.82. The Morgan fingerprint density at radius 3 is 2.91 bits per heavy atom. The SMILES string of the molecule is Brc1ccc2c(Br)nsc2c1. The number of hydrogen-bond acceptors (Lipinski definition) is 2. The molecule has 1 nitrogen and oxygen atoms in total. The van der Waals surface area contributed by atoms with E-state index in [2.05, 4.69) is 42.3 Å². The van der Waals surface area contributed by atoms with Gasteiger partial charge in [-0.2, -0.15) is 4.37 Å². The van der Waals surface area contributed by atoms with Gasteiger partial charge in [-0.05, 0) is 45.7 Å². The highest BCUT2D eigenvalue weighted by Gasteiger charge is 2.01. The van der Waals surface area contributed by atoms with Crippen LogP contribution in [0.2, 0.25) is 0 Å². The van der Waals surface area contributed by atoms with Gasteiger partial charge in [-0.3, -0.25) is 0 Å². The van der Waals surface area contributed by atoms with Crippen LogP contribution in [0.3, 0.4) is 0 Å². The summed E-state index contributed by atoms with van der Waals surface area (Å²) in [4.78, 5) is 0. The Morgan fingerprint density at radius 1 is 1.27 bits per heavy atom. The van der Waals surface area contributed by atoms with Crippen LogP contribution < -0.4 is 0 Å². The van der Waals surface area contributed by atoms with E-state index >= 15 is 0 Å². The molecule has 1 aromatic heterocycles. The third-order valence-corrected chi connectivity index (χ3v) is 3.53. The van der Waals surface area contributed by atoms with Crippen LogP contribution in [0.4, 0.5) is 0 Å². The average Bonchev–Trinajstić information content (AvgIpc) is 2.32. The van der Waals surface area contributed by atoms with E-state index in [0.717, 1.165) is 9.08 Å². The third kappa shape index (κ3) is 1.35. The van der Waals surface area contributed by atoms with Crippen molar-refractivity contribution in [2.75, 3.05) is 0 Å². The van der Waals surface area contributed by atoms with Crippen molar-refractivity contribution in [1.82, 2.24) is 4.37 Å². The van der Waals surface area contributed by atoms with Gasteiger partial charge in [0.15, 0.2) is 0 Å². The summed E-state index contributed by atoms with van der Waals surface area (Å²) in [6.45, 7) is 0. The first-order chi connectivity index (χ1) is 5.27. The van der Waals surface area contributed by atoms with Crippen molar-refractivity contribution in [2.45, 2.75) is 0 Å². The van der Waals surface area contributed by atoms with Gasteiger partial charge in [-0.25, -0.2) is 0 Å². The summed E-state index contributed by atoms with van der Waals surface area (Å²) in [5.41, 5.74) is 0. The van der Waals surface area contributed by atoms with Gasteiger partial charge in [0.2, 0.25) is 0 Å². The molecule has 0 amide bonds. The van der Waals surface area contributed by atoms with E-state index in [4.69, 9.17) is 0 Å². The molecular weight excluding hydrogens is 290 g/mol. The molecule has 4 heteroatoms. The lowest BCUT2D eigenvalue weighted by atomic mass is 10.3. The number of nitrogens with zero attached hydrogens (tertiary/aromatic N) is 1. The first-order valence-electron chi connectivity index (χ1n) is 2.98. The molecular formula is C7H3Br2NS. The Bertz CT molecular complexity index is 396. The summed E-state index contributed by atoms with van der Waals surface area (Å²) in [7, 11) is 0. The lowest BCUT2D eigenvalue weighted by Gasteiger charge is -1.88. The Kier molecular flexibility index (Phi) is 1.99. The van der Waals surface area contributed by atoms with Crippen molar-refractivity contribution in [3.63, 3.8) is 0 Å². The van der Waals surface area contributed by atoms with E-state index in [0.29, 0.717) is 0 Å². The number of hydrogen-bond donors (Lipinski definition) is 0. The number of aromatic nitrogens is 1. The topological polar surface area (TPSA) is 12.9 Å². The van der Waals surface area contributed by atoms with Crippen molar-refractivity contribution in [2.24, 2.45) is 0 Å². The van der Waals surface area contributed by atoms with Crippen LogP contribution in [0.1, 0.15) is 0 Å². The Hall–Kier alpha value is 0.0700. The van der Waals surface area contributed by atoms with Crippen LogP contribution in [0.25, 0.3) is 10.1 Å². The molecule has 0 radical (unpaired) electrons. The maximum atomic E-state index is 4.17. The van der Waals surface area contributed by atoms with Gasteiger partial charge >= 0.3 is 0 Å². The first-order valence-corrected chi connectivity index (χ1v) is 5.34. The number of rotatable bonds is 0. The van der Waals surface area contributed by atoms with Gasteiger partial charge in [0.05, 0.1) is 4.70 Å². The second-order valence-corrected chi connectivity index (χ2v) is 4.59. The molecule has 2 rings (SSSR count). The van der Waals surface area contributed by atoms with E-state index in [1.165, 1.54) is 21.6 Å². The van der Waals surface area contributed by atoms with Crippen LogP contribution in [0.15, 0.2) is 27.3 Å². The zero-order valence-corrected chi connectivity index (χ0v) is 9.33. The summed E-state index contributed by atoms with van der Waals surface area (Å²) in [5.74, 6) is 0. The molecule has 0 bridgehead atoms. The van der Waals surface area contributed by atoms with Gasteiger partial charge in [0.25, 0.3) is 0 Å². The molecule has 11 heavy (non-hydrogen) atoms. The van der Waals surface area contributed by atoms with Gasteiger partial charge in [0, 0.05) is 9.86 Å². The predicted molar refractivity (Wildman–Crippen MR) is 55.0 cm³/mol. The molecule has 0 saturated carbocycles. The molecule has 0 aliphatic rings. The minimum atomic E-state index is 0.935. The van der Waals surface area contributed by atoms with Gasteiger partial charge < -0.3 is 0 Å². The summed E-state index contributed by atoms with van der Waals surface area (Å²) in [6, 6.07) is 6.13. The lowest BCUT2D eigenvalue weighted by Crippen LogP contribution is -1.64. The molecule has 56 valence electrons. The molecule has 0 unspecified atom stereocenters. The molecule has 0 saturated heterocycles. The van der Waals surface area contributed by atoms with Gasteiger partial charge in [-0.1, -0.05) is 15.9 Å². The van der Waals surface area contributed by atoms with Crippen molar-refractivity contribution in [3.05, 3.63) is 27.3 Å². The molecule has 1 heterocycles. The summed E-state index contributed by atoms with van der Waals surface area (Å²) < 4.78 is 7.41. The number of fused-ring (bicyclic) bond motifs is 1. The second-order valence-electron chi connectivity index (χ2n) is 2.11. The molecule has 0 fully saturated rings. The van der Waals surface area contributed by atoms with E-state index in [-0.39, 0.29) is 0 Å². The van der Waals surface area contributed by atoms with Crippen LogP contribution in [0.5, 0.6) is 0 Å². The highest BCUT2D eigenvalue weighted by atomic mass is 79.9. The number of benzene rings is 1. The Labute approximate surface area is 84.8 Å². The lowest BCUT2D eigenvalue weighted by molar-refractivity contribution is 1.53. The Morgan fingerprint density at radius 2 is 2.09 bits per heavy atom. The first kappa shape index (κ1) is 7.71. The van der Waals surface area contributed by atoms with E-state index < -0.39 is 0 Å². The second kappa shape index (κ2) is 2.84. The summed E-state index contributed by atoms with van der Waals surface area (Å²) >= 11 is 8.28. The molecule has 2 aromatic rings. The third-order valence-electron chi connectivity index (χ3n) is 1.39. The largest absolute Gasteiger partial charge is 0.184 e. The molecule has 0 aliphatic heterocycles.